The lowest BCUT2D eigenvalue weighted by Gasteiger charge is -2.15. The minimum Gasteiger partial charge on any atom is -0.462 e. The van der Waals surface area contributed by atoms with Crippen LogP contribution in [0.1, 0.15) is 35.9 Å². The molecule has 0 aliphatic rings. The Kier molecular flexibility index (Phi) is 4.21. The summed E-state index contributed by atoms with van der Waals surface area (Å²) in [7, 11) is 1.61. The molecule has 0 amide bonds. The number of carbonyl (C=O) groups is 1. The maximum absolute atomic E-state index is 12.0. The summed E-state index contributed by atoms with van der Waals surface area (Å²) in [4.78, 5) is 12.0. The standard InChI is InChI=1S/C13H15BrN2O3/c1-4-19-13(17)10-6-15-16-7-9(14)5-11(16)12(10)8(2)18-3/h5-8H,4H2,1-3H3/t8-/m0/s1. The Morgan fingerprint density at radius 2 is 2.32 bits per heavy atom. The summed E-state index contributed by atoms with van der Waals surface area (Å²) in [6.07, 6.45) is 3.12. The van der Waals surface area contributed by atoms with Gasteiger partial charge in [-0.2, -0.15) is 5.10 Å². The first-order chi connectivity index (χ1) is 9.08. The largest absolute Gasteiger partial charge is 0.462 e. The first kappa shape index (κ1) is 14.0. The maximum Gasteiger partial charge on any atom is 0.340 e. The Morgan fingerprint density at radius 3 is 2.95 bits per heavy atom. The lowest BCUT2D eigenvalue weighted by molar-refractivity contribution is 0.0515. The van der Waals surface area contributed by atoms with Crippen LogP contribution in [0.3, 0.4) is 0 Å². The topological polar surface area (TPSA) is 52.8 Å². The van der Waals surface area contributed by atoms with E-state index in [4.69, 9.17) is 9.47 Å². The van der Waals surface area contributed by atoms with Crippen LogP contribution in [0.2, 0.25) is 0 Å². The molecule has 2 rings (SSSR count). The summed E-state index contributed by atoms with van der Waals surface area (Å²) in [5.74, 6) is -0.381. The fourth-order valence-electron chi connectivity index (χ4n) is 1.96. The second-order valence-corrected chi connectivity index (χ2v) is 4.97. The van der Waals surface area contributed by atoms with Gasteiger partial charge in [0.15, 0.2) is 0 Å². The van der Waals surface area contributed by atoms with Crippen molar-refractivity contribution < 1.29 is 14.3 Å². The second-order valence-electron chi connectivity index (χ2n) is 4.06. The van der Waals surface area contributed by atoms with Gasteiger partial charge in [0.25, 0.3) is 0 Å². The van der Waals surface area contributed by atoms with Crippen LogP contribution in [0.5, 0.6) is 0 Å². The smallest absolute Gasteiger partial charge is 0.340 e. The van der Waals surface area contributed by atoms with Crippen molar-refractivity contribution >= 4 is 27.4 Å². The quantitative estimate of drug-likeness (QED) is 0.810. The van der Waals surface area contributed by atoms with Crippen molar-refractivity contribution in [3.8, 4) is 0 Å². The van der Waals surface area contributed by atoms with Gasteiger partial charge in [-0.3, -0.25) is 0 Å². The van der Waals surface area contributed by atoms with Gasteiger partial charge < -0.3 is 9.47 Å². The molecule has 5 nitrogen and oxygen atoms in total. The summed E-state index contributed by atoms with van der Waals surface area (Å²) >= 11 is 3.40. The fraction of sp³-hybridized carbons (Fsp3) is 0.385. The molecular formula is C13H15BrN2O3. The molecule has 0 radical (unpaired) electrons. The molecule has 102 valence electrons. The van der Waals surface area contributed by atoms with Crippen LogP contribution in [-0.4, -0.2) is 29.3 Å². The van der Waals surface area contributed by atoms with Gasteiger partial charge in [0.05, 0.1) is 30.0 Å². The molecule has 0 spiro atoms. The van der Waals surface area contributed by atoms with E-state index >= 15 is 0 Å². The highest BCUT2D eigenvalue weighted by Crippen LogP contribution is 2.28. The van der Waals surface area contributed by atoms with E-state index in [0.29, 0.717) is 12.2 Å². The van der Waals surface area contributed by atoms with E-state index in [1.165, 1.54) is 6.20 Å². The van der Waals surface area contributed by atoms with Gasteiger partial charge in [-0.15, -0.1) is 0 Å². The molecule has 0 unspecified atom stereocenters. The molecule has 2 heterocycles. The normalized spacial score (nSPS) is 12.6. The van der Waals surface area contributed by atoms with E-state index in [-0.39, 0.29) is 12.1 Å². The van der Waals surface area contributed by atoms with Crippen LogP contribution in [-0.2, 0) is 9.47 Å². The van der Waals surface area contributed by atoms with Crippen LogP contribution in [0.15, 0.2) is 22.9 Å². The highest BCUT2D eigenvalue weighted by molar-refractivity contribution is 9.10. The third kappa shape index (κ3) is 2.64. The highest BCUT2D eigenvalue weighted by Gasteiger charge is 2.21. The molecule has 2 aromatic heterocycles. The third-order valence-electron chi connectivity index (χ3n) is 2.90. The Balaban J connectivity index is 2.65. The number of rotatable bonds is 4. The first-order valence-corrected chi connectivity index (χ1v) is 6.74. The number of ether oxygens (including phenoxy) is 2. The molecule has 2 aromatic rings. The van der Waals surface area contributed by atoms with E-state index in [1.54, 1.807) is 18.5 Å². The summed E-state index contributed by atoms with van der Waals surface area (Å²) in [6, 6.07) is 1.90. The zero-order valence-electron chi connectivity index (χ0n) is 11.0. The zero-order chi connectivity index (χ0) is 14.0. The van der Waals surface area contributed by atoms with Crippen LogP contribution < -0.4 is 0 Å². The van der Waals surface area contributed by atoms with Gasteiger partial charge in [0.1, 0.15) is 0 Å². The molecule has 0 saturated heterocycles. The molecule has 0 saturated carbocycles. The van der Waals surface area contributed by atoms with Crippen molar-refractivity contribution in [3.63, 3.8) is 0 Å². The lowest BCUT2D eigenvalue weighted by atomic mass is 10.1. The predicted octanol–water partition coefficient (Wildman–Crippen LogP) is 2.98. The third-order valence-corrected chi connectivity index (χ3v) is 3.33. The molecule has 0 fully saturated rings. The number of halogens is 1. The summed E-state index contributed by atoms with van der Waals surface area (Å²) < 4.78 is 13.0. The molecule has 0 aliphatic heterocycles. The molecule has 19 heavy (non-hydrogen) atoms. The van der Waals surface area contributed by atoms with Crippen molar-refractivity contribution in [1.82, 2.24) is 9.61 Å². The average Bonchev–Trinajstić information content (AvgIpc) is 2.77. The first-order valence-electron chi connectivity index (χ1n) is 5.95. The van der Waals surface area contributed by atoms with E-state index in [0.717, 1.165) is 15.6 Å². The predicted molar refractivity (Wildman–Crippen MR) is 74.3 cm³/mol. The Labute approximate surface area is 119 Å². The van der Waals surface area contributed by atoms with Crippen LogP contribution >= 0.6 is 15.9 Å². The van der Waals surface area contributed by atoms with Gasteiger partial charge >= 0.3 is 5.97 Å². The van der Waals surface area contributed by atoms with Crippen molar-refractivity contribution in [3.05, 3.63) is 34.1 Å². The van der Waals surface area contributed by atoms with E-state index in [9.17, 15) is 4.79 Å². The highest BCUT2D eigenvalue weighted by atomic mass is 79.9. The lowest BCUT2D eigenvalue weighted by Crippen LogP contribution is -2.13. The molecular weight excluding hydrogens is 312 g/mol. The number of esters is 1. The molecule has 0 N–H and O–H groups in total. The number of nitrogens with zero attached hydrogens (tertiary/aromatic N) is 2. The Bertz CT molecular complexity index is 609. The maximum atomic E-state index is 12.0. The molecule has 0 aliphatic carbocycles. The van der Waals surface area contributed by atoms with E-state index in [1.807, 2.05) is 19.2 Å². The van der Waals surface area contributed by atoms with Gasteiger partial charge in [-0.1, -0.05) is 0 Å². The van der Waals surface area contributed by atoms with Crippen LogP contribution in [0.4, 0.5) is 0 Å². The van der Waals surface area contributed by atoms with Crippen molar-refractivity contribution in [2.75, 3.05) is 13.7 Å². The van der Waals surface area contributed by atoms with E-state index in [2.05, 4.69) is 21.0 Å². The monoisotopic (exact) mass is 326 g/mol. The fourth-order valence-corrected chi connectivity index (χ4v) is 2.37. The average molecular weight is 327 g/mol. The number of fused-ring (bicyclic) bond motifs is 1. The number of hydrogen-bond acceptors (Lipinski definition) is 4. The number of hydrogen-bond donors (Lipinski definition) is 0. The SMILES string of the molecule is CCOC(=O)c1cnn2cc(Br)cc2c1[C@H](C)OC. The molecule has 0 aromatic carbocycles. The number of carbonyl (C=O) groups excluding carboxylic acids is 1. The van der Waals surface area contributed by atoms with Gasteiger partial charge in [0, 0.05) is 23.3 Å². The van der Waals surface area contributed by atoms with Crippen LogP contribution in [0, 0.1) is 0 Å². The second kappa shape index (κ2) is 5.71. The summed E-state index contributed by atoms with van der Waals surface area (Å²) in [5, 5.41) is 4.21. The minimum atomic E-state index is -0.381. The Morgan fingerprint density at radius 1 is 1.58 bits per heavy atom. The molecule has 6 heteroatoms. The van der Waals surface area contributed by atoms with Crippen molar-refractivity contribution in [1.29, 1.82) is 0 Å². The summed E-state index contributed by atoms with van der Waals surface area (Å²) in [5.41, 5.74) is 2.04. The van der Waals surface area contributed by atoms with Gasteiger partial charge in [0.2, 0.25) is 0 Å². The summed E-state index contributed by atoms with van der Waals surface area (Å²) in [6.45, 7) is 3.99. The Hall–Kier alpha value is -1.40. The van der Waals surface area contributed by atoms with Crippen molar-refractivity contribution in [2.24, 2.45) is 0 Å². The minimum absolute atomic E-state index is 0.230. The zero-order valence-corrected chi connectivity index (χ0v) is 12.6. The molecule has 1 atom stereocenters. The van der Waals surface area contributed by atoms with Crippen LogP contribution in [0.25, 0.3) is 5.52 Å². The number of methoxy groups -OCH3 is 1. The van der Waals surface area contributed by atoms with Gasteiger partial charge in [-0.25, -0.2) is 9.31 Å². The van der Waals surface area contributed by atoms with Gasteiger partial charge in [-0.05, 0) is 35.8 Å². The van der Waals surface area contributed by atoms with Crippen molar-refractivity contribution in [2.45, 2.75) is 20.0 Å². The molecule has 0 bridgehead atoms. The number of aromatic nitrogens is 2. The van der Waals surface area contributed by atoms with E-state index < -0.39 is 0 Å².